The highest BCUT2D eigenvalue weighted by molar-refractivity contribution is 6.11. The average Bonchev–Trinajstić information content (AvgIpc) is 3.74. The van der Waals surface area contributed by atoms with E-state index < -0.39 is 0 Å². The summed E-state index contributed by atoms with van der Waals surface area (Å²) in [5.74, 6) is 0. The molecule has 52 heavy (non-hydrogen) atoms. The number of allylic oxidation sites excluding steroid dienone is 1. The lowest BCUT2D eigenvalue weighted by molar-refractivity contribution is 0.889. The molecular formula is C50H40N2. The monoisotopic (exact) mass is 668 g/mol. The van der Waals surface area contributed by atoms with E-state index in [9.17, 15) is 0 Å². The topological polar surface area (TPSA) is 9.86 Å². The summed E-state index contributed by atoms with van der Waals surface area (Å²) in [5, 5.41) is 3.83. The van der Waals surface area contributed by atoms with E-state index in [1.54, 1.807) is 0 Å². The van der Waals surface area contributed by atoms with Crippen molar-refractivity contribution in [1.29, 1.82) is 0 Å². The average molecular weight is 669 g/mol. The molecule has 0 saturated heterocycles. The quantitative estimate of drug-likeness (QED) is 0.173. The second kappa shape index (κ2) is 13.4. The van der Waals surface area contributed by atoms with E-state index in [1.165, 1.54) is 88.7 Å². The molecule has 0 N–H and O–H groups in total. The van der Waals surface area contributed by atoms with Crippen LogP contribution in [0, 0.1) is 0 Å². The molecule has 0 fully saturated rings. The number of fused-ring (bicyclic) bond motifs is 6. The highest BCUT2D eigenvalue weighted by Gasteiger charge is 2.20. The fourth-order valence-electron chi connectivity index (χ4n) is 8.04. The van der Waals surface area contributed by atoms with Crippen molar-refractivity contribution in [1.82, 2.24) is 9.13 Å². The summed E-state index contributed by atoms with van der Waals surface area (Å²) < 4.78 is 4.90. The van der Waals surface area contributed by atoms with Crippen LogP contribution in [-0.4, -0.2) is 9.13 Å². The summed E-state index contributed by atoms with van der Waals surface area (Å²) in [6, 6.07) is 62.0. The molecule has 0 bridgehead atoms. The van der Waals surface area contributed by atoms with Crippen LogP contribution in [0.4, 0.5) is 0 Å². The van der Waals surface area contributed by atoms with Crippen LogP contribution in [0.2, 0.25) is 0 Å². The summed E-state index contributed by atoms with van der Waals surface area (Å²) in [6.45, 7) is 4.00. The first kappa shape index (κ1) is 31.6. The predicted octanol–water partition coefficient (Wildman–Crippen LogP) is 13.7. The molecule has 10 rings (SSSR count). The molecule has 0 atom stereocenters. The van der Waals surface area contributed by atoms with Crippen LogP contribution in [0.1, 0.15) is 31.5 Å². The molecule has 7 aromatic carbocycles. The smallest absolute Gasteiger partial charge is 0.0541 e. The second-order valence-electron chi connectivity index (χ2n) is 13.3. The van der Waals surface area contributed by atoms with Crippen LogP contribution in [0.3, 0.4) is 0 Å². The number of nitrogens with zero attached hydrogens (tertiary/aromatic N) is 2. The van der Waals surface area contributed by atoms with Crippen molar-refractivity contribution >= 4 is 38.8 Å². The number of aromatic nitrogens is 2. The Kier molecular flexibility index (Phi) is 8.14. The van der Waals surface area contributed by atoms with Crippen molar-refractivity contribution < 1.29 is 0 Å². The standard InChI is InChI=1S/C48H34N2.C2H6/c1-3-13-33(14-4-1)35-17-11-19-39(29-35)49-45-23-9-7-21-41(45)43-31-37(25-27-47(43)49)38-26-28-48-44(32-38)42-22-8-10-24-46(42)50(48)40-20-12-18-36(30-40)34-15-5-2-6-16-34;1-2/h1-9,11-23,25-32H,10,24H2;1-2H3. The Balaban J connectivity index is 0.00000177. The normalized spacial score (nSPS) is 12.2. The first-order valence-corrected chi connectivity index (χ1v) is 18.5. The Morgan fingerprint density at radius 2 is 0.885 bits per heavy atom. The maximum absolute atomic E-state index is 2.49. The second-order valence-corrected chi connectivity index (χ2v) is 13.3. The molecule has 0 amide bonds. The van der Waals surface area contributed by atoms with Crippen LogP contribution >= 0.6 is 0 Å². The van der Waals surface area contributed by atoms with Crippen molar-refractivity contribution in [3.8, 4) is 44.8 Å². The third kappa shape index (κ3) is 5.36. The lowest BCUT2D eigenvalue weighted by Crippen LogP contribution is -2.03. The van der Waals surface area contributed by atoms with Gasteiger partial charge in [-0.05, 0) is 101 Å². The van der Waals surface area contributed by atoms with E-state index in [2.05, 4.69) is 191 Å². The molecule has 0 radical (unpaired) electrons. The number of hydrogen-bond acceptors (Lipinski definition) is 0. The molecule has 0 aliphatic heterocycles. The largest absolute Gasteiger partial charge is 0.313 e. The van der Waals surface area contributed by atoms with Gasteiger partial charge in [0, 0.05) is 38.8 Å². The van der Waals surface area contributed by atoms with Gasteiger partial charge in [-0.15, -0.1) is 0 Å². The molecule has 2 aromatic heterocycles. The van der Waals surface area contributed by atoms with Crippen LogP contribution in [0.5, 0.6) is 0 Å². The van der Waals surface area contributed by atoms with Gasteiger partial charge in [0.25, 0.3) is 0 Å². The van der Waals surface area contributed by atoms with E-state index in [0.29, 0.717) is 0 Å². The van der Waals surface area contributed by atoms with Gasteiger partial charge in [-0.1, -0.05) is 141 Å². The number of rotatable bonds is 5. The van der Waals surface area contributed by atoms with Crippen LogP contribution < -0.4 is 0 Å². The number of benzene rings is 7. The van der Waals surface area contributed by atoms with Gasteiger partial charge < -0.3 is 9.13 Å². The van der Waals surface area contributed by atoms with Gasteiger partial charge in [0.05, 0.1) is 16.6 Å². The summed E-state index contributed by atoms with van der Waals surface area (Å²) in [7, 11) is 0. The van der Waals surface area contributed by atoms with E-state index >= 15 is 0 Å². The van der Waals surface area contributed by atoms with E-state index in [0.717, 1.165) is 12.8 Å². The van der Waals surface area contributed by atoms with Gasteiger partial charge in [0.1, 0.15) is 0 Å². The zero-order valence-corrected chi connectivity index (χ0v) is 29.6. The van der Waals surface area contributed by atoms with E-state index in [-0.39, 0.29) is 0 Å². The van der Waals surface area contributed by atoms with Crippen molar-refractivity contribution in [2.24, 2.45) is 0 Å². The molecule has 1 aliphatic carbocycles. The van der Waals surface area contributed by atoms with Crippen molar-refractivity contribution in [2.75, 3.05) is 0 Å². The molecule has 250 valence electrons. The molecule has 2 nitrogen and oxygen atoms in total. The van der Waals surface area contributed by atoms with E-state index in [1.807, 2.05) is 13.8 Å². The Morgan fingerprint density at radius 1 is 0.385 bits per heavy atom. The zero-order valence-electron chi connectivity index (χ0n) is 29.6. The maximum Gasteiger partial charge on any atom is 0.0541 e. The van der Waals surface area contributed by atoms with Crippen LogP contribution in [0.15, 0.2) is 176 Å². The molecule has 0 spiro atoms. The van der Waals surface area contributed by atoms with Crippen molar-refractivity contribution in [3.63, 3.8) is 0 Å². The lowest BCUT2D eigenvalue weighted by atomic mass is 9.98. The van der Waals surface area contributed by atoms with Crippen molar-refractivity contribution in [3.05, 3.63) is 187 Å². The fraction of sp³-hybridized carbons (Fsp3) is 0.0800. The maximum atomic E-state index is 2.49. The summed E-state index contributed by atoms with van der Waals surface area (Å²) >= 11 is 0. The Hall–Kier alpha value is -6.38. The predicted molar refractivity (Wildman–Crippen MR) is 223 cm³/mol. The Bertz CT molecular complexity index is 2740. The molecule has 0 unspecified atom stereocenters. The van der Waals surface area contributed by atoms with Gasteiger partial charge in [0.15, 0.2) is 0 Å². The number of hydrogen-bond donors (Lipinski definition) is 0. The van der Waals surface area contributed by atoms with Gasteiger partial charge in [-0.25, -0.2) is 0 Å². The highest BCUT2D eigenvalue weighted by Crippen LogP contribution is 2.39. The molecule has 2 heteroatoms. The summed E-state index contributed by atoms with van der Waals surface area (Å²) in [4.78, 5) is 0. The minimum absolute atomic E-state index is 1.03. The zero-order chi connectivity index (χ0) is 35.0. The summed E-state index contributed by atoms with van der Waals surface area (Å²) in [6.07, 6.45) is 6.75. The van der Waals surface area contributed by atoms with Crippen molar-refractivity contribution in [2.45, 2.75) is 26.7 Å². The molecule has 9 aromatic rings. The molecular weight excluding hydrogens is 629 g/mol. The first-order valence-electron chi connectivity index (χ1n) is 18.5. The molecule has 2 heterocycles. The highest BCUT2D eigenvalue weighted by atomic mass is 15.0. The summed E-state index contributed by atoms with van der Waals surface area (Å²) in [5.41, 5.74) is 16.2. The lowest BCUT2D eigenvalue weighted by Gasteiger charge is -2.14. The SMILES string of the molecule is C1=Cc2c(n(-c3cccc(-c4ccccc4)c3)c3ccc(-c4ccc5c(c4)c4ccccc4n5-c4cccc(-c5ccccc5)c4)cc23)CC1.CC. The van der Waals surface area contributed by atoms with Crippen LogP contribution in [-0.2, 0) is 6.42 Å². The molecule has 0 saturated carbocycles. The Morgan fingerprint density at radius 3 is 1.54 bits per heavy atom. The first-order chi connectivity index (χ1) is 25.8. The Labute approximate surface area is 305 Å². The van der Waals surface area contributed by atoms with Gasteiger partial charge in [-0.2, -0.15) is 0 Å². The minimum Gasteiger partial charge on any atom is -0.313 e. The fourth-order valence-corrected chi connectivity index (χ4v) is 8.04. The third-order valence-corrected chi connectivity index (χ3v) is 10.4. The van der Waals surface area contributed by atoms with Gasteiger partial charge in [-0.3, -0.25) is 0 Å². The minimum atomic E-state index is 1.03. The van der Waals surface area contributed by atoms with E-state index in [4.69, 9.17) is 0 Å². The molecule has 1 aliphatic rings. The van der Waals surface area contributed by atoms with Gasteiger partial charge >= 0.3 is 0 Å². The third-order valence-electron chi connectivity index (χ3n) is 10.4. The number of para-hydroxylation sites is 1. The van der Waals surface area contributed by atoms with Gasteiger partial charge in [0.2, 0.25) is 0 Å². The van der Waals surface area contributed by atoms with Crippen LogP contribution in [0.25, 0.3) is 83.5 Å².